The van der Waals surface area contributed by atoms with Crippen molar-refractivity contribution in [3.63, 3.8) is 0 Å². The van der Waals surface area contributed by atoms with Crippen LogP contribution in [0.4, 0.5) is 0 Å². The van der Waals surface area contributed by atoms with Gasteiger partial charge in [0, 0.05) is 30.3 Å². The van der Waals surface area contributed by atoms with E-state index in [1.165, 1.54) is 0 Å². The number of nitrogens with zero attached hydrogens (tertiary/aromatic N) is 1. The number of nitrogens with one attached hydrogen (secondary N) is 1. The molecule has 164 valence electrons. The molecular formula is C23H31ClN2O4. The van der Waals surface area contributed by atoms with Gasteiger partial charge in [-0.1, -0.05) is 32.0 Å². The molecule has 2 heterocycles. The predicted octanol–water partition coefficient (Wildman–Crippen LogP) is 3.88. The van der Waals surface area contributed by atoms with E-state index in [0.717, 1.165) is 16.8 Å². The summed E-state index contributed by atoms with van der Waals surface area (Å²) >= 11 is 6.56. The van der Waals surface area contributed by atoms with Crippen molar-refractivity contribution in [3.8, 4) is 5.75 Å². The second kappa shape index (κ2) is 9.67. The fraction of sp³-hybridized carbons (Fsp3) is 0.478. The van der Waals surface area contributed by atoms with E-state index in [9.17, 15) is 14.7 Å². The molecule has 0 bridgehead atoms. The molecule has 0 saturated heterocycles. The van der Waals surface area contributed by atoms with Gasteiger partial charge < -0.3 is 19.7 Å². The molecule has 0 spiro atoms. The highest BCUT2D eigenvalue weighted by molar-refractivity contribution is 6.35. The highest BCUT2D eigenvalue weighted by Crippen LogP contribution is 2.35. The number of aliphatic hydroxyl groups is 1. The Bertz CT molecular complexity index is 986. The van der Waals surface area contributed by atoms with E-state index in [4.69, 9.17) is 16.3 Å². The molecule has 2 atom stereocenters. The summed E-state index contributed by atoms with van der Waals surface area (Å²) < 4.78 is 5.90. The molecule has 2 N–H and O–H groups in total. The number of rotatable bonds is 6. The number of carbonyl (C=O) groups excluding carboxylic acids is 1. The van der Waals surface area contributed by atoms with Gasteiger partial charge >= 0.3 is 0 Å². The molecule has 7 heteroatoms. The lowest BCUT2D eigenvalue weighted by Crippen LogP contribution is -2.39. The highest BCUT2D eigenvalue weighted by Gasteiger charge is 2.30. The molecule has 0 unspecified atom stereocenters. The third kappa shape index (κ3) is 4.71. The number of hydrogen-bond acceptors (Lipinski definition) is 4. The minimum atomic E-state index is -0.251. The maximum Gasteiger partial charge on any atom is 0.256 e. The second-order valence-corrected chi connectivity index (χ2v) is 8.19. The Morgan fingerprint density at radius 1 is 1.27 bits per heavy atom. The molecule has 1 aliphatic heterocycles. The molecule has 0 saturated carbocycles. The van der Waals surface area contributed by atoms with Crippen molar-refractivity contribution < 1.29 is 14.6 Å². The molecule has 3 rings (SSSR count). The summed E-state index contributed by atoms with van der Waals surface area (Å²) in [6.07, 6.45) is 0.408. The van der Waals surface area contributed by atoms with Crippen molar-refractivity contribution in [2.45, 2.75) is 54.2 Å². The van der Waals surface area contributed by atoms with Gasteiger partial charge in [0.2, 0.25) is 0 Å². The first kappa shape index (κ1) is 24.0. The van der Waals surface area contributed by atoms with Gasteiger partial charge in [0.1, 0.15) is 11.9 Å². The Labute approximate surface area is 182 Å². The van der Waals surface area contributed by atoms with Crippen LogP contribution in [0.25, 0.3) is 0 Å². The van der Waals surface area contributed by atoms with Crippen LogP contribution in [0.1, 0.15) is 54.0 Å². The molecule has 0 aliphatic carbocycles. The summed E-state index contributed by atoms with van der Waals surface area (Å²) in [7, 11) is 0. The fourth-order valence-corrected chi connectivity index (χ4v) is 3.84. The number of aromatic amines is 1. The van der Waals surface area contributed by atoms with Crippen LogP contribution in [0, 0.1) is 19.8 Å². The van der Waals surface area contributed by atoms with Gasteiger partial charge in [-0.05, 0) is 50.5 Å². The number of pyridine rings is 1. The Kier molecular flexibility index (Phi) is 7.72. The van der Waals surface area contributed by atoms with Gasteiger partial charge in [-0.25, -0.2) is 0 Å². The average molecular weight is 435 g/mol. The number of H-pyrrole nitrogens is 1. The molecule has 0 fully saturated rings. The molecule has 1 aliphatic rings. The third-order valence-corrected chi connectivity index (χ3v) is 5.97. The van der Waals surface area contributed by atoms with Crippen LogP contribution in [-0.2, 0) is 13.0 Å². The van der Waals surface area contributed by atoms with Crippen LogP contribution in [0.5, 0.6) is 5.75 Å². The van der Waals surface area contributed by atoms with Crippen molar-refractivity contribution in [2.24, 2.45) is 5.92 Å². The molecular weight excluding hydrogens is 404 g/mol. The Balaban J connectivity index is 0.00000320. The van der Waals surface area contributed by atoms with Crippen LogP contribution in [-0.4, -0.2) is 40.2 Å². The predicted molar refractivity (Wildman–Crippen MR) is 120 cm³/mol. The van der Waals surface area contributed by atoms with Crippen LogP contribution < -0.4 is 10.3 Å². The van der Waals surface area contributed by atoms with Gasteiger partial charge in [0.15, 0.2) is 0 Å². The molecule has 6 nitrogen and oxygen atoms in total. The number of aryl methyl sites for hydroxylation is 2. The number of benzene rings is 1. The summed E-state index contributed by atoms with van der Waals surface area (Å²) in [6, 6.07) is 5.55. The number of ether oxygens (including phenoxy) is 1. The van der Waals surface area contributed by atoms with Crippen molar-refractivity contribution in [3.05, 3.63) is 61.5 Å². The monoisotopic (exact) mass is 434 g/mol. The summed E-state index contributed by atoms with van der Waals surface area (Å²) in [5.74, 6) is 0.159. The summed E-state index contributed by atoms with van der Waals surface area (Å²) in [6.45, 7) is 8.21. The van der Waals surface area contributed by atoms with Crippen LogP contribution >= 0.6 is 11.6 Å². The van der Waals surface area contributed by atoms with Gasteiger partial charge in [-0.15, -0.1) is 0 Å². The zero-order valence-corrected chi connectivity index (χ0v) is 18.0. The smallest absolute Gasteiger partial charge is 0.256 e. The maximum atomic E-state index is 13.2. The van der Waals surface area contributed by atoms with Gasteiger partial charge in [0.25, 0.3) is 11.5 Å². The molecule has 1 aromatic carbocycles. The molecule has 2 aromatic rings. The fourth-order valence-electron chi connectivity index (χ4n) is 3.53. The third-order valence-electron chi connectivity index (χ3n) is 5.59. The van der Waals surface area contributed by atoms with E-state index in [1.54, 1.807) is 11.0 Å². The first-order valence-electron chi connectivity index (χ1n) is 9.80. The van der Waals surface area contributed by atoms with E-state index in [2.05, 4.69) is 4.98 Å². The largest absolute Gasteiger partial charge is 0.489 e. The summed E-state index contributed by atoms with van der Waals surface area (Å²) in [5, 5.41) is 9.60. The van der Waals surface area contributed by atoms with E-state index in [0.29, 0.717) is 29.8 Å². The van der Waals surface area contributed by atoms with E-state index in [-0.39, 0.29) is 49.1 Å². The van der Waals surface area contributed by atoms with Crippen molar-refractivity contribution in [1.82, 2.24) is 9.88 Å². The first-order chi connectivity index (χ1) is 13.7. The SMILES string of the molecule is C.Cc1cc(C)c(CN2CCc3ccc(O[C@@H](C)[C@H](C)CO)c(Cl)c3C2=O)c(=O)[nH]1. The average Bonchev–Trinajstić information content (AvgIpc) is 2.67. The number of carbonyl (C=O) groups is 1. The minimum absolute atomic E-state index is 0. The number of halogens is 1. The Hall–Kier alpha value is -2.31. The quantitative estimate of drug-likeness (QED) is 0.722. The van der Waals surface area contributed by atoms with Gasteiger partial charge in [-0.2, -0.15) is 0 Å². The number of aromatic nitrogens is 1. The number of hydrogen-bond donors (Lipinski definition) is 2. The lowest BCUT2D eigenvalue weighted by Gasteiger charge is -2.30. The lowest BCUT2D eigenvalue weighted by molar-refractivity contribution is 0.0723. The zero-order valence-electron chi connectivity index (χ0n) is 17.2. The molecule has 30 heavy (non-hydrogen) atoms. The standard InChI is InChI=1S/C22H27ClN2O4.CH4/c1-12-9-14(3)24-21(27)17(12)10-25-8-7-16-5-6-18(20(23)19(16)22(25)28)29-15(4)13(2)11-26;/h5-6,9,13,15,26H,7-8,10-11H2,1-4H3,(H,24,27);1H4/t13-,15+;/m1./s1. The molecule has 0 radical (unpaired) electrons. The summed E-state index contributed by atoms with van der Waals surface area (Å²) in [5.41, 5.74) is 3.38. The number of fused-ring (bicyclic) bond motifs is 1. The van der Waals surface area contributed by atoms with Crippen LogP contribution in [0.15, 0.2) is 23.0 Å². The first-order valence-corrected chi connectivity index (χ1v) is 10.2. The van der Waals surface area contributed by atoms with Crippen LogP contribution in [0.3, 0.4) is 0 Å². The van der Waals surface area contributed by atoms with Crippen molar-refractivity contribution in [2.75, 3.05) is 13.2 Å². The van der Waals surface area contributed by atoms with Gasteiger partial charge in [-0.3, -0.25) is 9.59 Å². The van der Waals surface area contributed by atoms with Crippen molar-refractivity contribution >= 4 is 17.5 Å². The highest BCUT2D eigenvalue weighted by atomic mass is 35.5. The normalized spacial score (nSPS) is 15.3. The summed E-state index contributed by atoms with van der Waals surface area (Å²) in [4.78, 5) is 30.0. The number of aliphatic hydroxyl groups excluding tert-OH is 1. The Morgan fingerprint density at radius 3 is 2.60 bits per heavy atom. The molecule has 1 aromatic heterocycles. The van der Waals surface area contributed by atoms with Gasteiger partial charge in [0.05, 0.1) is 17.1 Å². The lowest BCUT2D eigenvalue weighted by atomic mass is 9.97. The van der Waals surface area contributed by atoms with Crippen LogP contribution in [0.2, 0.25) is 5.02 Å². The number of amides is 1. The topological polar surface area (TPSA) is 82.6 Å². The Morgan fingerprint density at radius 2 is 1.97 bits per heavy atom. The van der Waals surface area contributed by atoms with Crippen molar-refractivity contribution in [1.29, 1.82) is 0 Å². The van der Waals surface area contributed by atoms with E-state index < -0.39 is 0 Å². The van der Waals surface area contributed by atoms with E-state index in [1.807, 2.05) is 39.8 Å². The minimum Gasteiger partial charge on any atom is -0.489 e. The second-order valence-electron chi connectivity index (χ2n) is 7.81. The van der Waals surface area contributed by atoms with E-state index >= 15 is 0 Å². The zero-order chi connectivity index (χ0) is 21.3. The molecule has 1 amide bonds. The maximum absolute atomic E-state index is 13.2.